The number of methoxy groups -OCH3 is 1. The van der Waals surface area contributed by atoms with Gasteiger partial charge in [-0.2, -0.15) is 0 Å². The maximum absolute atomic E-state index is 5.25. The number of likely N-dealkylation sites (tertiary alicyclic amines) is 1. The first-order valence-electron chi connectivity index (χ1n) is 7.22. The van der Waals surface area contributed by atoms with Gasteiger partial charge in [0.2, 0.25) is 0 Å². The zero-order valence-corrected chi connectivity index (χ0v) is 11.5. The van der Waals surface area contributed by atoms with Crippen molar-refractivity contribution in [1.29, 1.82) is 0 Å². The summed E-state index contributed by atoms with van der Waals surface area (Å²) in [7, 11) is 1.82. The number of nitrogens with one attached hydrogen (secondary N) is 1. The number of ether oxygens (including phenoxy) is 1. The third-order valence-corrected chi connectivity index (χ3v) is 4.36. The summed E-state index contributed by atoms with van der Waals surface area (Å²) in [5.74, 6) is 1.73. The fourth-order valence-electron chi connectivity index (χ4n) is 3.34. The van der Waals surface area contributed by atoms with E-state index in [4.69, 9.17) is 4.74 Å². The molecule has 2 atom stereocenters. The van der Waals surface area contributed by atoms with Crippen LogP contribution in [0.5, 0.6) is 0 Å². The minimum Gasteiger partial charge on any atom is -0.384 e. The topological polar surface area (TPSA) is 24.5 Å². The average Bonchev–Trinajstić information content (AvgIpc) is 2.32. The van der Waals surface area contributed by atoms with Gasteiger partial charge in [-0.1, -0.05) is 0 Å². The monoisotopic (exact) mass is 240 g/mol. The minimum absolute atomic E-state index is 0.722. The zero-order valence-electron chi connectivity index (χ0n) is 11.5. The highest BCUT2D eigenvalue weighted by atomic mass is 16.5. The predicted molar refractivity (Wildman–Crippen MR) is 71.2 cm³/mol. The van der Waals surface area contributed by atoms with Gasteiger partial charge in [0.25, 0.3) is 0 Å². The Bertz CT molecular complexity index is 214. The van der Waals surface area contributed by atoms with Gasteiger partial charge in [-0.25, -0.2) is 0 Å². The molecule has 3 nitrogen and oxygen atoms in total. The highest BCUT2D eigenvalue weighted by molar-refractivity contribution is 4.80. The molecule has 2 aliphatic rings. The fraction of sp³-hybridized carbons (Fsp3) is 1.00. The lowest BCUT2D eigenvalue weighted by Gasteiger charge is -2.36. The van der Waals surface area contributed by atoms with Crippen LogP contribution in [-0.4, -0.2) is 50.8 Å². The molecule has 0 saturated carbocycles. The SMILES string of the molecule is COCC1CCN(CC2CCNC(C)C2)CC1. The minimum atomic E-state index is 0.722. The fourth-order valence-corrected chi connectivity index (χ4v) is 3.34. The number of piperidine rings is 2. The average molecular weight is 240 g/mol. The van der Waals surface area contributed by atoms with Crippen LogP contribution >= 0.6 is 0 Å². The maximum Gasteiger partial charge on any atom is 0.0491 e. The molecule has 2 fully saturated rings. The van der Waals surface area contributed by atoms with Gasteiger partial charge in [0, 0.05) is 26.3 Å². The molecule has 0 amide bonds. The molecule has 2 heterocycles. The van der Waals surface area contributed by atoms with Gasteiger partial charge in [0.15, 0.2) is 0 Å². The molecule has 1 N–H and O–H groups in total. The second kappa shape index (κ2) is 6.72. The van der Waals surface area contributed by atoms with Crippen LogP contribution in [0.15, 0.2) is 0 Å². The van der Waals surface area contributed by atoms with Gasteiger partial charge in [0.1, 0.15) is 0 Å². The largest absolute Gasteiger partial charge is 0.384 e. The van der Waals surface area contributed by atoms with E-state index < -0.39 is 0 Å². The molecule has 0 aromatic carbocycles. The lowest BCUT2D eigenvalue weighted by molar-refractivity contribution is 0.0876. The molecule has 2 unspecified atom stereocenters. The van der Waals surface area contributed by atoms with E-state index in [0.29, 0.717) is 0 Å². The molecule has 0 spiro atoms. The van der Waals surface area contributed by atoms with Crippen LogP contribution < -0.4 is 5.32 Å². The molecule has 3 heteroatoms. The van der Waals surface area contributed by atoms with Crippen molar-refractivity contribution >= 4 is 0 Å². The number of hydrogen-bond donors (Lipinski definition) is 1. The van der Waals surface area contributed by atoms with Crippen LogP contribution in [0.4, 0.5) is 0 Å². The smallest absolute Gasteiger partial charge is 0.0491 e. The number of nitrogens with zero attached hydrogens (tertiary/aromatic N) is 1. The summed E-state index contributed by atoms with van der Waals surface area (Å²) in [6.45, 7) is 8.38. The van der Waals surface area contributed by atoms with Crippen molar-refractivity contribution in [3.05, 3.63) is 0 Å². The van der Waals surface area contributed by atoms with Gasteiger partial charge in [-0.05, 0) is 64.1 Å². The van der Waals surface area contributed by atoms with Crippen molar-refractivity contribution in [2.45, 2.75) is 38.6 Å². The Balaban J connectivity index is 1.67. The quantitative estimate of drug-likeness (QED) is 0.810. The highest BCUT2D eigenvalue weighted by Crippen LogP contribution is 2.22. The van der Waals surface area contributed by atoms with Crippen molar-refractivity contribution in [2.75, 3.05) is 39.9 Å². The van der Waals surface area contributed by atoms with Crippen molar-refractivity contribution in [3.8, 4) is 0 Å². The number of hydrogen-bond acceptors (Lipinski definition) is 3. The lowest BCUT2D eigenvalue weighted by Crippen LogP contribution is -2.43. The van der Waals surface area contributed by atoms with Crippen LogP contribution in [0, 0.1) is 11.8 Å². The van der Waals surface area contributed by atoms with E-state index in [9.17, 15) is 0 Å². The van der Waals surface area contributed by atoms with E-state index >= 15 is 0 Å². The van der Waals surface area contributed by atoms with Crippen molar-refractivity contribution in [3.63, 3.8) is 0 Å². The van der Waals surface area contributed by atoms with E-state index in [1.54, 1.807) is 0 Å². The maximum atomic E-state index is 5.25. The summed E-state index contributed by atoms with van der Waals surface area (Å²) in [5.41, 5.74) is 0. The standard InChI is InChI=1S/C14H28N2O/c1-12-9-14(3-6-15-12)10-16-7-4-13(5-8-16)11-17-2/h12-15H,3-11H2,1-2H3. The first-order chi connectivity index (χ1) is 8.28. The Morgan fingerprint density at radius 3 is 2.59 bits per heavy atom. The van der Waals surface area contributed by atoms with Crippen LogP contribution in [0.2, 0.25) is 0 Å². The zero-order chi connectivity index (χ0) is 12.1. The number of rotatable bonds is 4. The third-order valence-electron chi connectivity index (χ3n) is 4.36. The second-order valence-electron chi connectivity index (χ2n) is 5.94. The molecular weight excluding hydrogens is 212 g/mol. The predicted octanol–water partition coefficient (Wildman–Crippen LogP) is 1.73. The molecule has 17 heavy (non-hydrogen) atoms. The molecule has 100 valence electrons. The molecule has 0 radical (unpaired) electrons. The summed E-state index contributed by atoms with van der Waals surface area (Å²) in [5, 5.41) is 3.54. The van der Waals surface area contributed by atoms with Crippen molar-refractivity contribution in [2.24, 2.45) is 11.8 Å². The lowest BCUT2D eigenvalue weighted by atomic mass is 9.91. The normalized spacial score (nSPS) is 32.8. The molecule has 2 aliphatic heterocycles. The molecule has 0 bridgehead atoms. The molecular formula is C14H28N2O. The molecule has 0 aromatic rings. The van der Waals surface area contributed by atoms with Crippen molar-refractivity contribution < 1.29 is 4.74 Å². The molecule has 0 aromatic heterocycles. The van der Waals surface area contributed by atoms with E-state index in [1.165, 1.54) is 51.9 Å². The first kappa shape index (κ1) is 13.3. The Hall–Kier alpha value is -0.120. The summed E-state index contributed by atoms with van der Waals surface area (Å²) in [6, 6.07) is 0.722. The van der Waals surface area contributed by atoms with Crippen LogP contribution in [0.3, 0.4) is 0 Å². The summed E-state index contributed by atoms with van der Waals surface area (Å²) < 4.78 is 5.25. The van der Waals surface area contributed by atoms with Gasteiger partial charge >= 0.3 is 0 Å². The van der Waals surface area contributed by atoms with E-state index in [2.05, 4.69) is 17.1 Å². The van der Waals surface area contributed by atoms with Crippen molar-refractivity contribution in [1.82, 2.24) is 10.2 Å². The van der Waals surface area contributed by atoms with Gasteiger partial charge in [-0.3, -0.25) is 0 Å². The molecule has 2 saturated heterocycles. The van der Waals surface area contributed by atoms with Crippen LogP contribution in [-0.2, 0) is 4.74 Å². The Morgan fingerprint density at radius 1 is 1.18 bits per heavy atom. The summed E-state index contributed by atoms with van der Waals surface area (Å²) in [4.78, 5) is 2.68. The van der Waals surface area contributed by atoms with Gasteiger partial charge in [0.05, 0.1) is 0 Å². The first-order valence-corrected chi connectivity index (χ1v) is 7.22. The van der Waals surface area contributed by atoms with Gasteiger partial charge < -0.3 is 15.0 Å². The van der Waals surface area contributed by atoms with Gasteiger partial charge in [-0.15, -0.1) is 0 Å². The summed E-state index contributed by atoms with van der Waals surface area (Å²) >= 11 is 0. The molecule has 0 aliphatic carbocycles. The Morgan fingerprint density at radius 2 is 1.94 bits per heavy atom. The molecule has 2 rings (SSSR count). The van der Waals surface area contributed by atoms with Crippen LogP contribution in [0.1, 0.15) is 32.6 Å². The van der Waals surface area contributed by atoms with E-state index in [-0.39, 0.29) is 0 Å². The van der Waals surface area contributed by atoms with E-state index in [1.807, 2.05) is 7.11 Å². The Labute approximate surface area is 106 Å². The highest BCUT2D eigenvalue weighted by Gasteiger charge is 2.24. The third kappa shape index (κ3) is 4.23. The second-order valence-corrected chi connectivity index (χ2v) is 5.94. The Kier molecular flexibility index (Phi) is 5.26. The summed E-state index contributed by atoms with van der Waals surface area (Å²) in [6.07, 6.45) is 5.38. The van der Waals surface area contributed by atoms with E-state index in [0.717, 1.165) is 24.5 Å². The van der Waals surface area contributed by atoms with Crippen LogP contribution in [0.25, 0.3) is 0 Å².